The zero-order valence-electron chi connectivity index (χ0n) is 27.3. The first-order valence-electron chi connectivity index (χ1n) is 16.4. The van der Waals surface area contributed by atoms with Crippen LogP contribution in [0.4, 0.5) is 0 Å². The van der Waals surface area contributed by atoms with E-state index in [0.29, 0.717) is 5.41 Å². The fourth-order valence-electron chi connectivity index (χ4n) is 6.38. The Hall–Kier alpha value is -3.65. The molecule has 1 aliphatic rings. The van der Waals surface area contributed by atoms with Gasteiger partial charge in [-0.1, -0.05) is 158 Å². The summed E-state index contributed by atoms with van der Waals surface area (Å²) in [7, 11) is 0. The van der Waals surface area contributed by atoms with Gasteiger partial charge in [-0.25, -0.2) is 0 Å². The second kappa shape index (κ2) is 14.7. The molecule has 43 heavy (non-hydrogen) atoms. The summed E-state index contributed by atoms with van der Waals surface area (Å²) in [5.41, 5.74) is 9.31. The highest BCUT2D eigenvalue weighted by atomic mass is 16.1. The third kappa shape index (κ3) is 7.66. The van der Waals surface area contributed by atoms with Gasteiger partial charge >= 0.3 is 0 Å². The van der Waals surface area contributed by atoms with Gasteiger partial charge in [-0.05, 0) is 70.5 Å². The summed E-state index contributed by atoms with van der Waals surface area (Å²) in [6.45, 7) is 13.8. The highest BCUT2D eigenvalue weighted by Gasteiger charge is 2.39. The van der Waals surface area contributed by atoms with Crippen LogP contribution in [0.2, 0.25) is 0 Å². The van der Waals surface area contributed by atoms with E-state index in [2.05, 4.69) is 95.4 Å². The van der Waals surface area contributed by atoms with Crippen LogP contribution in [0.5, 0.6) is 0 Å². The molecule has 228 valence electrons. The van der Waals surface area contributed by atoms with E-state index in [1.54, 1.807) is 0 Å². The number of benzene rings is 4. The first-order valence-corrected chi connectivity index (χ1v) is 16.4. The van der Waals surface area contributed by atoms with Crippen molar-refractivity contribution in [2.24, 2.45) is 5.41 Å². The molecule has 0 fully saturated rings. The molecule has 1 amide bonds. The predicted molar refractivity (Wildman–Crippen MR) is 187 cm³/mol. The fraction of sp³-hybridized carbons (Fsp3) is 0.390. The second-order valence-corrected chi connectivity index (χ2v) is 13.1. The lowest BCUT2D eigenvalue weighted by Gasteiger charge is -2.32. The molecule has 0 saturated heterocycles. The van der Waals surface area contributed by atoms with Gasteiger partial charge in [0.1, 0.15) is 0 Å². The molecule has 4 aromatic carbocycles. The van der Waals surface area contributed by atoms with Crippen molar-refractivity contribution in [3.8, 4) is 22.3 Å². The summed E-state index contributed by atoms with van der Waals surface area (Å²) < 4.78 is 0. The molecule has 2 nitrogen and oxygen atoms in total. The Bertz CT molecular complexity index is 1420. The van der Waals surface area contributed by atoms with Gasteiger partial charge in [0.15, 0.2) is 0 Å². The number of rotatable bonds is 11. The lowest BCUT2D eigenvalue weighted by atomic mass is 9.72. The Morgan fingerprint density at radius 1 is 0.721 bits per heavy atom. The van der Waals surface area contributed by atoms with E-state index in [-0.39, 0.29) is 18.8 Å². The van der Waals surface area contributed by atoms with Crippen molar-refractivity contribution in [3.63, 3.8) is 0 Å². The van der Waals surface area contributed by atoms with E-state index >= 15 is 0 Å². The van der Waals surface area contributed by atoms with Crippen LogP contribution in [0.15, 0.2) is 103 Å². The number of amides is 1. The van der Waals surface area contributed by atoms with Crippen LogP contribution in [-0.2, 0) is 5.41 Å². The van der Waals surface area contributed by atoms with E-state index in [4.69, 9.17) is 0 Å². The third-order valence-corrected chi connectivity index (χ3v) is 9.46. The smallest absolute Gasteiger partial charge is 0.252 e. The number of hydrogen-bond donors (Lipinski definition) is 1. The largest absolute Gasteiger partial charge is 0.349 e. The molecule has 0 radical (unpaired) electrons. The SMILES string of the molecule is CCC(C)(C)CCC1(C)c2ccccc2-c2ccccc21.CCCC(CCC)NC(=O)c1ccccc1-c1ccccc1.[HH]. The first kappa shape index (κ1) is 32.3. The zero-order valence-corrected chi connectivity index (χ0v) is 27.3. The summed E-state index contributed by atoms with van der Waals surface area (Å²) in [6, 6.07) is 36.1. The minimum atomic E-state index is 0. The van der Waals surface area contributed by atoms with Gasteiger partial charge in [-0.2, -0.15) is 0 Å². The van der Waals surface area contributed by atoms with Gasteiger partial charge in [0.05, 0.1) is 0 Å². The molecule has 4 aromatic rings. The van der Waals surface area contributed by atoms with Crippen molar-refractivity contribution in [2.75, 3.05) is 0 Å². The second-order valence-electron chi connectivity index (χ2n) is 13.1. The maximum absolute atomic E-state index is 12.7. The van der Waals surface area contributed by atoms with Gasteiger partial charge < -0.3 is 5.32 Å². The third-order valence-electron chi connectivity index (χ3n) is 9.46. The molecule has 1 aliphatic carbocycles. The van der Waals surface area contributed by atoms with Crippen molar-refractivity contribution < 1.29 is 6.22 Å². The van der Waals surface area contributed by atoms with Crippen LogP contribution in [0.1, 0.15) is 109 Å². The van der Waals surface area contributed by atoms with Crippen LogP contribution in [-0.4, -0.2) is 11.9 Å². The number of carbonyl (C=O) groups is 1. The molecular formula is C41H53NO. The lowest BCUT2D eigenvalue weighted by Crippen LogP contribution is -2.34. The minimum absolute atomic E-state index is 0. The van der Waals surface area contributed by atoms with Crippen LogP contribution in [0.3, 0.4) is 0 Å². The molecule has 0 spiro atoms. The summed E-state index contributed by atoms with van der Waals surface area (Å²) in [5, 5.41) is 3.21. The zero-order chi connectivity index (χ0) is 30.9. The molecule has 0 aromatic heterocycles. The van der Waals surface area contributed by atoms with Crippen molar-refractivity contribution in [2.45, 2.75) is 97.9 Å². The topological polar surface area (TPSA) is 29.1 Å². The first-order chi connectivity index (χ1) is 20.7. The van der Waals surface area contributed by atoms with Gasteiger partial charge in [0.2, 0.25) is 0 Å². The van der Waals surface area contributed by atoms with E-state index in [1.807, 2.05) is 54.6 Å². The fourth-order valence-corrected chi connectivity index (χ4v) is 6.38. The highest BCUT2D eigenvalue weighted by Crippen LogP contribution is 2.52. The van der Waals surface area contributed by atoms with Crippen molar-refractivity contribution >= 4 is 5.91 Å². The Balaban J connectivity index is 0.000000235. The molecule has 0 aliphatic heterocycles. The number of hydrogen-bond acceptors (Lipinski definition) is 1. The van der Waals surface area contributed by atoms with E-state index in [9.17, 15) is 4.79 Å². The molecule has 2 heteroatoms. The maximum atomic E-state index is 12.7. The van der Waals surface area contributed by atoms with Crippen molar-refractivity contribution in [1.29, 1.82) is 0 Å². The summed E-state index contributed by atoms with van der Waals surface area (Å²) in [5.74, 6) is 0.0337. The van der Waals surface area contributed by atoms with Crippen LogP contribution < -0.4 is 5.32 Å². The molecule has 5 rings (SSSR count). The summed E-state index contributed by atoms with van der Waals surface area (Å²) in [4.78, 5) is 12.7. The Kier molecular flexibility index (Phi) is 11.0. The molecule has 0 saturated carbocycles. The quantitative estimate of drug-likeness (QED) is 0.189. The number of nitrogens with one attached hydrogen (secondary N) is 1. The van der Waals surface area contributed by atoms with Gasteiger partial charge in [0.25, 0.3) is 5.91 Å². The molecule has 1 N–H and O–H groups in total. The predicted octanol–water partition coefficient (Wildman–Crippen LogP) is 11.5. The monoisotopic (exact) mass is 575 g/mol. The van der Waals surface area contributed by atoms with Gasteiger partial charge in [-0.3, -0.25) is 4.79 Å². The Morgan fingerprint density at radius 3 is 1.74 bits per heavy atom. The van der Waals surface area contributed by atoms with Crippen LogP contribution in [0.25, 0.3) is 22.3 Å². The number of carbonyl (C=O) groups excluding carboxylic acids is 1. The average Bonchev–Trinajstić information content (AvgIpc) is 3.30. The van der Waals surface area contributed by atoms with Crippen molar-refractivity contribution in [3.05, 3.63) is 120 Å². The van der Waals surface area contributed by atoms with Crippen molar-refractivity contribution in [1.82, 2.24) is 5.32 Å². The normalized spacial score (nSPS) is 13.1. The lowest BCUT2D eigenvalue weighted by molar-refractivity contribution is 0.0933. The summed E-state index contributed by atoms with van der Waals surface area (Å²) >= 11 is 0. The standard InChI is InChI=1S/C21H26.C20H25NO.H2/c1-5-20(2,3)14-15-21(4)18-12-8-6-10-16(18)17-11-7-9-13-19(17)21;1-3-10-17(11-4-2)21-20(22)19-15-9-8-14-18(19)16-12-6-5-7-13-16;/h6-13H,5,14-15H2,1-4H3;5-9,12-15,17H,3-4,10-11H2,1-2H3,(H,21,22);1H. The van der Waals surface area contributed by atoms with E-state index in [0.717, 1.165) is 42.4 Å². The van der Waals surface area contributed by atoms with E-state index < -0.39 is 0 Å². The minimum Gasteiger partial charge on any atom is -0.349 e. The molecule has 0 unspecified atom stereocenters. The molecular weight excluding hydrogens is 522 g/mol. The molecule has 0 heterocycles. The Morgan fingerprint density at radius 2 is 1.21 bits per heavy atom. The highest BCUT2D eigenvalue weighted by molar-refractivity contribution is 6.01. The maximum Gasteiger partial charge on any atom is 0.252 e. The van der Waals surface area contributed by atoms with Crippen LogP contribution >= 0.6 is 0 Å². The molecule has 0 atom stereocenters. The summed E-state index contributed by atoms with van der Waals surface area (Å²) in [6.07, 6.45) is 7.98. The average molecular weight is 576 g/mol. The Labute approximate surface area is 262 Å². The van der Waals surface area contributed by atoms with Gasteiger partial charge in [0, 0.05) is 18.4 Å². The van der Waals surface area contributed by atoms with Gasteiger partial charge in [-0.15, -0.1) is 0 Å². The van der Waals surface area contributed by atoms with E-state index in [1.165, 1.54) is 41.5 Å². The van der Waals surface area contributed by atoms with Crippen LogP contribution in [0, 0.1) is 5.41 Å². The number of fused-ring (bicyclic) bond motifs is 3. The molecule has 0 bridgehead atoms.